The molecule has 0 fully saturated rings. The monoisotopic (exact) mass is 339 g/mol. The Kier molecular flexibility index (Phi) is 4.79. The van der Waals surface area contributed by atoms with Crippen molar-refractivity contribution >= 4 is 11.6 Å². The van der Waals surface area contributed by atoms with Crippen LogP contribution in [0, 0.1) is 12.7 Å². The first-order chi connectivity index (χ1) is 12.1. The quantitative estimate of drug-likeness (QED) is 0.733. The Hall–Kier alpha value is -3.15. The molecule has 0 aliphatic rings. The van der Waals surface area contributed by atoms with Crippen LogP contribution in [0.5, 0.6) is 5.75 Å². The first-order valence-corrected chi connectivity index (χ1v) is 7.93. The molecule has 0 unspecified atom stereocenters. The van der Waals surface area contributed by atoms with Crippen LogP contribution in [-0.4, -0.2) is 22.7 Å². The fourth-order valence-electron chi connectivity index (χ4n) is 2.39. The zero-order valence-corrected chi connectivity index (χ0v) is 14.0. The Bertz CT molecular complexity index is 888. The first-order valence-electron chi connectivity index (χ1n) is 7.93. The van der Waals surface area contributed by atoms with Gasteiger partial charge in [0.05, 0.1) is 12.3 Å². The van der Waals surface area contributed by atoms with Crippen LogP contribution in [0.2, 0.25) is 0 Å². The summed E-state index contributed by atoms with van der Waals surface area (Å²) in [6.07, 6.45) is 0. The number of carbonyl (C=O) groups is 1. The Labute approximate surface area is 144 Å². The van der Waals surface area contributed by atoms with Crippen molar-refractivity contribution in [2.75, 3.05) is 11.9 Å². The minimum Gasteiger partial charge on any atom is -0.494 e. The lowest BCUT2D eigenvalue weighted by atomic mass is 10.1. The van der Waals surface area contributed by atoms with E-state index in [1.165, 1.54) is 12.1 Å². The van der Waals surface area contributed by atoms with E-state index < -0.39 is 5.82 Å². The van der Waals surface area contributed by atoms with Gasteiger partial charge < -0.3 is 10.1 Å². The zero-order chi connectivity index (χ0) is 17.8. The Morgan fingerprint density at radius 1 is 1.20 bits per heavy atom. The summed E-state index contributed by atoms with van der Waals surface area (Å²) in [6, 6.07) is 13.4. The molecular formula is C19H18FN3O2. The molecule has 2 aromatic carbocycles. The smallest absolute Gasteiger partial charge is 0.273 e. The average molecular weight is 339 g/mol. The van der Waals surface area contributed by atoms with Crippen LogP contribution >= 0.6 is 0 Å². The third-order valence-corrected chi connectivity index (χ3v) is 3.73. The minimum absolute atomic E-state index is 0.299. The van der Waals surface area contributed by atoms with E-state index in [-0.39, 0.29) is 5.91 Å². The van der Waals surface area contributed by atoms with E-state index in [1.54, 1.807) is 19.1 Å². The van der Waals surface area contributed by atoms with E-state index in [4.69, 9.17) is 4.74 Å². The van der Waals surface area contributed by atoms with E-state index in [1.807, 2.05) is 31.2 Å². The molecule has 0 aliphatic carbocycles. The molecule has 5 nitrogen and oxygen atoms in total. The SMILES string of the molecule is CCOc1ccc(-c2cc(C(=O)Nc3cc(F)ccc3C)[nH]n2)cc1. The maximum atomic E-state index is 13.3. The number of nitrogens with one attached hydrogen (secondary N) is 2. The fraction of sp³-hybridized carbons (Fsp3) is 0.158. The van der Waals surface area contributed by atoms with Crippen LogP contribution in [0.3, 0.4) is 0 Å². The number of aryl methyl sites for hydroxylation is 1. The fourth-order valence-corrected chi connectivity index (χ4v) is 2.39. The molecule has 0 aliphatic heterocycles. The van der Waals surface area contributed by atoms with Gasteiger partial charge in [0.2, 0.25) is 0 Å². The second kappa shape index (κ2) is 7.17. The Balaban J connectivity index is 1.76. The van der Waals surface area contributed by atoms with Gasteiger partial charge in [-0.3, -0.25) is 9.89 Å². The van der Waals surface area contributed by atoms with Crippen molar-refractivity contribution < 1.29 is 13.9 Å². The van der Waals surface area contributed by atoms with Crippen LogP contribution in [0.1, 0.15) is 23.0 Å². The summed E-state index contributed by atoms with van der Waals surface area (Å²) in [7, 11) is 0. The van der Waals surface area contributed by atoms with E-state index in [0.717, 1.165) is 16.9 Å². The number of anilines is 1. The van der Waals surface area contributed by atoms with E-state index >= 15 is 0 Å². The number of rotatable bonds is 5. The molecule has 0 atom stereocenters. The van der Waals surface area contributed by atoms with Crippen molar-refractivity contribution in [1.82, 2.24) is 10.2 Å². The summed E-state index contributed by atoms with van der Waals surface area (Å²) in [4.78, 5) is 12.3. The Morgan fingerprint density at radius 2 is 1.96 bits per heavy atom. The summed E-state index contributed by atoms with van der Waals surface area (Å²) < 4.78 is 18.7. The third-order valence-electron chi connectivity index (χ3n) is 3.73. The number of aromatic nitrogens is 2. The number of hydrogen-bond donors (Lipinski definition) is 2. The van der Waals surface area contributed by atoms with Gasteiger partial charge in [0.25, 0.3) is 5.91 Å². The van der Waals surface area contributed by atoms with Crippen LogP contribution in [0.4, 0.5) is 10.1 Å². The van der Waals surface area contributed by atoms with Gasteiger partial charge in [-0.15, -0.1) is 0 Å². The summed E-state index contributed by atoms with van der Waals surface area (Å²) >= 11 is 0. The van der Waals surface area contributed by atoms with Gasteiger partial charge in [0, 0.05) is 11.3 Å². The number of benzene rings is 2. The van der Waals surface area contributed by atoms with Crippen molar-refractivity contribution in [3.8, 4) is 17.0 Å². The van der Waals surface area contributed by atoms with Crippen molar-refractivity contribution in [3.63, 3.8) is 0 Å². The number of halogens is 1. The Morgan fingerprint density at radius 3 is 2.68 bits per heavy atom. The molecule has 1 amide bonds. The lowest BCUT2D eigenvalue weighted by Gasteiger charge is -2.07. The van der Waals surface area contributed by atoms with Crippen molar-refractivity contribution in [2.24, 2.45) is 0 Å². The van der Waals surface area contributed by atoms with Gasteiger partial charge in [-0.2, -0.15) is 5.10 Å². The maximum Gasteiger partial charge on any atom is 0.273 e. The largest absolute Gasteiger partial charge is 0.494 e. The van der Waals surface area contributed by atoms with E-state index in [9.17, 15) is 9.18 Å². The first kappa shape index (κ1) is 16.7. The lowest BCUT2D eigenvalue weighted by Crippen LogP contribution is -2.13. The molecule has 128 valence electrons. The second-order valence-electron chi connectivity index (χ2n) is 5.54. The highest BCUT2D eigenvalue weighted by molar-refractivity contribution is 6.03. The van der Waals surface area contributed by atoms with Gasteiger partial charge in [0.15, 0.2) is 0 Å². The molecule has 0 saturated carbocycles. The zero-order valence-electron chi connectivity index (χ0n) is 14.0. The van der Waals surface area contributed by atoms with Crippen LogP contribution < -0.4 is 10.1 Å². The summed E-state index contributed by atoms with van der Waals surface area (Å²) in [5.41, 5.74) is 3.01. The van der Waals surface area contributed by atoms with Gasteiger partial charge in [-0.25, -0.2) is 4.39 Å². The van der Waals surface area contributed by atoms with Gasteiger partial charge >= 0.3 is 0 Å². The summed E-state index contributed by atoms with van der Waals surface area (Å²) in [5.74, 6) is 0.000283. The number of carbonyl (C=O) groups excluding carboxylic acids is 1. The highest BCUT2D eigenvalue weighted by Gasteiger charge is 2.13. The highest BCUT2D eigenvalue weighted by atomic mass is 19.1. The van der Waals surface area contributed by atoms with E-state index in [0.29, 0.717) is 23.7 Å². The molecule has 0 bridgehead atoms. The number of nitrogens with zero attached hydrogens (tertiary/aromatic N) is 1. The predicted octanol–water partition coefficient (Wildman–Crippen LogP) is 4.18. The summed E-state index contributed by atoms with van der Waals surface area (Å²) in [5, 5.41) is 9.56. The second-order valence-corrected chi connectivity index (χ2v) is 5.54. The average Bonchev–Trinajstić information content (AvgIpc) is 3.09. The molecule has 25 heavy (non-hydrogen) atoms. The summed E-state index contributed by atoms with van der Waals surface area (Å²) in [6.45, 7) is 4.33. The molecule has 6 heteroatoms. The van der Waals surface area contributed by atoms with Crippen LogP contribution in [0.25, 0.3) is 11.3 Å². The minimum atomic E-state index is -0.402. The van der Waals surface area contributed by atoms with E-state index in [2.05, 4.69) is 15.5 Å². The van der Waals surface area contributed by atoms with Crippen molar-refractivity contribution in [1.29, 1.82) is 0 Å². The molecular weight excluding hydrogens is 321 g/mol. The molecule has 2 N–H and O–H groups in total. The van der Waals surface area contributed by atoms with Crippen LogP contribution in [0.15, 0.2) is 48.5 Å². The molecule has 0 saturated heterocycles. The number of H-pyrrole nitrogens is 1. The predicted molar refractivity (Wildman–Crippen MR) is 94.3 cm³/mol. The molecule has 0 radical (unpaired) electrons. The van der Waals surface area contributed by atoms with Crippen LogP contribution in [-0.2, 0) is 0 Å². The van der Waals surface area contributed by atoms with Crippen molar-refractivity contribution in [2.45, 2.75) is 13.8 Å². The number of ether oxygens (including phenoxy) is 1. The van der Waals surface area contributed by atoms with Gasteiger partial charge in [-0.05, 0) is 61.9 Å². The molecule has 1 aromatic heterocycles. The highest BCUT2D eigenvalue weighted by Crippen LogP contribution is 2.22. The van der Waals surface area contributed by atoms with Gasteiger partial charge in [-0.1, -0.05) is 6.07 Å². The topological polar surface area (TPSA) is 67.0 Å². The molecule has 3 rings (SSSR count). The van der Waals surface area contributed by atoms with Crippen molar-refractivity contribution in [3.05, 3.63) is 65.6 Å². The van der Waals surface area contributed by atoms with Gasteiger partial charge in [0.1, 0.15) is 17.3 Å². The third kappa shape index (κ3) is 3.85. The number of aromatic amines is 1. The number of amides is 1. The molecule has 1 heterocycles. The standard InChI is InChI=1S/C19H18FN3O2/c1-3-25-15-8-5-13(6-9-15)17-11-18(23-22-17)19(24)21-16-10-14(20)7-4-12(16)2/h4-11H,3H2,1-2H3,(H,21,24)(H,22,23). The molecule has 0 spiro atoms. The number of hydrogen-bond acceptors (Lipinski definition) is 3. The lowest BCUT2D eigenvalue weighted by molar-refractivity contribution is 0.102. The normalized spacial score (nSPS) is 10.5. The molecule has 3 aromatic rings. The maximum absolute atomic E-state index is 13.3.